The summed E-state index contributed by atoms with van der Waals surface area (Å²) in [5.41, 5.74) is 3.09. The maximum atomic E-state index is 11.3. The Balaban J connectivity index is 1.90. The van der Waals surface area contributed by atoms with Gasteiger partial charge in [0, 0.05) is 12.1 Å². The van der Waals surface area contributed by atoms with E-state index in [0.29, 0.717) is 30.8 Å². The molecule has 0 aliphatic carbocycles. The highest BCUT2D eigenvalue weighted by Gasteiger charge is 2.25. The number of carbonyl (C=O) groups is 1. The van der Waals surface area contributed by atoms with Crippen LogP contribution in [0.2, 0.25) is 0 Å². The molecule has 1 fully saturated rings. The first kappa shape index (κ1) is 18.2. The molecule has 1 saturated heterocycles. The second-order valence-electron chi connectivity index (χ2n) is 6.75. The molecular weight excluding hydrogens is 358 g/mol. The van der Waals surface area contributed by atoms with Crippen LogP contribution in [0.25, 0.3) is 22.3 Å². The van der Waals surface area contributed by atoms with E-state index in [0.717, 1.165) is 22.8 Å². The summed E-state index contributed by atoms with van der Waals surface area (Å²) in [6.07, 6.45) is 0. The molecule has 0 amide bonds. The first-order valence-corrected chi connectivity index (χ1v) is 9.10. The molecule has 4 rings (SSSR count). The van der Waals surface area contributed by atoms with Crippen LogP contribution in [0.5, 0.6) is 5.75 Å². The molecule has 1 aliphatic heterocycles. The average molecular weight is 379 g/mol. The standard InChI is InChI=1S/C21H21N3O4/c1-13-12-28-10-9-24(13)20-19(14-3-6-16(27-2)7-4-14)22-17-8-5-15(21(25)26)11-18(17)23-20/h3-8,11,13H,9-10,12H2,1-2H3,(H,25,26). The molecule has 1 aliphatic rings. The Hall–Kier alpha value is -3.19. The molecule has 1 aromatic heterocycles. The summed E-state index contributed by atoms with van der Waals surface area (Å²) in [7, 11) is 1.63. The fourth-order valence-electron chi connectivity index (χ4n) is 3.36. The van der Waals surface area contributed by atoms with E-state index < -0.39 is 5.97 Å². The fourth-order valence-corrected chi connectivity index (χ4v) is 3.36. The van der Waals surface area contributed by atoms with Gasteiger partial charge in [-0.2, -0.15) is 0 Å². The number of aromatic nitrogens is 2. The molecule has 1 N–H and O–H groups in total. The van der Waals surface area contributed by atoms with Gasteiger partial charge in [0.25, 0.3) is 0 Å². The van der Waals surface area contributed by atoms with Gasteiger partial charge in [0.2, 0.25) is 0 Å². The third kappa shape index (κ3) is 3.36. The van der Waals surface area contributed by atoms with Crippen LogP contribution in [0.15, 0.2) is 42.5 Å². The molecule has 0 saturated carbocycles. The van der Waals surface area contributed by atoms with Crippen LogP contribution in [0.4, 0.5) is 5.82 Å². The third-order valence-corrected chi connectivity index (χ3v) is 4.90. The van der Waals surface area contributed by atoms with Crippen LogP contribution in [-0.2, 0) is 4.74 Å². The zero-order chi connectivity index (χ0) is 19.7. The van der Waals surface area contributed by atoms with Crippen LogP contribution in [0.3, 0.4) is 0 Å². The van der Waals surface area contributed by atoms with Gasteiger partial charge >= 0.3 is 5.97 Å². The van der Waals surface area contributed by atoms with Crippen molar-refractivity contribution in [3.05, 3.63) is 48.0 Å². The monoisotopic (exact) mass is 379 g/mol. The average Bonchev–Trinajstić information content (AvgIpc) is 2.73. The molecule has 28 heavy (non-hydrogen) atoms. The predicted molar refractivity (Wildman–Crippen MR) is 106 cm³/mol. The summed E-state index contributed by atoms with van der Waals surface area (Å²) in [5, 5.41) is 9.30. The molecule has 0 bridgehead atoms. The quantitative estimate of drug-likeness (QED) is 0.745. The van der Waals surface area contributed by atoms with Crippen molar-refractivity contribution >= 4 is 22.8 Å². The van der Waals surface area contributed by atoms with Crippen LogP contribution in [0.1, 0.15) is 17.3 Å². The van der Waals surface area contributed by atoms with E-state index in [4.69, 9.17) is 19.4 Å². The second-order valence-corrected chi connectivity index (χ2v) is 6.75. The molecule has 7 heteroatoms. The molecule has 0 spiro atoms. The zero-order valence-electron chi connectivity index (χ0n) is 15.8. The van der Waals surface area contributed by atoms with Crippen molar-refractivity contribution in [1.82, 2.24) is 9.97 Å². The van der Waals surface area contributed by atoms with Crippen molar-refractivity contribution in [1.29, 1.82) is 0 Å². The highest BCUT2D eigenvalue weighted by Crippen LogP contribution is 2.32. The molecular formula is C21H21N3O4. The number of hydrogen-bond donors (Lipinski definition) is 1. The Morgan fingerprint density at radius 3 is 2.64 bits per heavy atom. The van der Waals surface area contributed by atoms with E-state index in [1.54, 1.807) is 25.3 Å². The van der Waals surface area contributed by atoms with Crippen molar-refractivity contribution in [3.63, 3.8) is 0 Å². The maximum Gasteiger partial charge on any atom is 0.335 e. The van der Waals surface area contributed by atoms with E-state index in [2.05, 4.69) is 11.8 Å². The Bertz CT molecular complexity index is 1020. The number of morpholine rings is 1. The largest absolute Gasteiger partial charge is 0.497 e. The molecule has 7 nitrogen and oxygen atoms in total. The lowest BCUT2D eigenvalue weighted by Crippen LogP contribution is -2.44. The van der Waals surface area contributed by atoms with Crippen LogP contribution >= 0.6 is 0 Å². The van der Waals surface area contributed by atoms with Gasteiger partial charge in [0.05, 0.1) is 43.0 Å². The highest BCUT2D eigenvalue weighted by atomic mass is 16.5. The topological polar surface area (TPSA) is 84.8 Å². The number of carboxylic acids is 1. The third-order valence-electron chi connectivity index (χ3n) is 4.90. The number of rotatable bonds is 4. The van der Waals surface area contributed by atoms with Gasteiger partial charge in [0.15, 0.2) is 5.82 Å². The van der Waals surface area contributed by atoms with Crippen molar-refractivity contribution in [2.45, 2.75) is 13.0 Å². The van der Waals surface area contributed by atoms with E-state index in [1.165, 1.54) is 0 Å². The van der Waals surface area contributed by atoms with E-state index >= 15 is 0 Å². The van der Waals surface area contributed by atoms with Crippen LogP contribution in [-0.4, -0.2) is 54.0 Å². The number of hydrogen-bond acceptors (Lipinski definition) is 6. The predicted octanol–water partition coefficient (Wildman–Crippen LogP) is 3.23. The zero-order valence-corrected chi connectivity index (χ0v) is 15.8. The molecule has 0 radical (unpaired) electrons. The Kier molecular flexibility index (Phi) is 4.83. The fraction of sp³-hybridized carbons (Fsp3) is 0.286. The summed E-state index contributed by atoms with van der Waals surface area (Å²) in [4.78, 5) is 23.2. The number of methoxy groups -OCH3 is 1. The first-order chi connectivity index (χ1) is 13.6. The molecule has 1 unspecified atom stereocenters. The molecule has 2 heterocycles. The van der Waals surface area contributed by atoms with Crippen LogP contribution in [0, 0.1) is 0 Å². The smallest absolute Gasteiger partial charge is 0.335 e. The summed E-state index contributed by atoms with van der Waals surface area (Å²) < 4.78 is 10.8. The summed E-state index contributed by atoms with van der Waals surface area (Å²) >= 11 is 0. The molecule has 144 valence electrons. The lowest BCUT2D eigenvalue weighted by Gasteiger charge is -2.35. The second kappa shape index (κ2) is 7.44. The number of fused-ring (bicyclic) bond motifs is 1. The minimum Gasteiger partial charge on any atom is -0.497 e. The van der Waals surface area contributed by atoms with E-state index in [1.807, 2.05) is 24.3 Å². The van der Waals surface area contributed by atoms with Crippen LogP contribution < -0.4 is 9.64 Å². The van der Waals surface area contributed by atoms with Gasteiger partial charge in [0.1, 0.15) is 11.4 Å². The first-order valence-electron chi connectivity index (χ1n) is 9.10. The lowest BCUT2D eigenvalue weighted by atomic mass is 10.1. The van der Waals surface area contributed by atoms with Gasteiger partial charge in [-0.3, -0.25) is 0 Å². The molecule has 2 aromatic carbocycles. The van der Waals surface area contributed by atoms with Gasteiger partial charge in [-0.05, 0) is 49.4 Å². The highest BCUT2D eigenvalue weighted by molar-refractivity contribution is 5.93. The summed E-state index contributed by atoms with van der Waals surface area (Å²) in [6, 6.07) is 12.6. The lowest BCUT2D eigenvalue weighted by molar-refractivity contribution is 0.0697. The Morgan fingerprint density at radius 2 is 1.96 bits per heavy atom. The van der Waals surface area contributed by atoms with Gasteiger partial charge in [-0.25, -0.2) is 14.8 Å². The number of nitrogens with zero attached hydrogens (tertiary/aromatic N) is 3. The minimum atomic E-state index is -0.982. The molecule has 3 aromatic rings. The van der Waals surface area contributed by atoms with Gasteiger partial charge < -0.3 is 19.5 Å². The van der Waals surface area contributed by atoms with Gasteiger partial charge in [-0.1, -0.05) is 0 Å². The number of aromatic carboxylic acids is 1. The van der Waals surface area contributed by atoms with Crippen molar-refractivity contribution in [3.8, 4) is 17.0 Å². The van der Waals surface area contributed by atoms with Crippen molar-refractivity contribution in [2.24, 2.45) is 0 Å². The van der Waals surface area contributed by atoms with Crippen molar-refractivity contribution in [2.75, 3.05) is 31.8 Å². The number of ether oxygens (including phenoxy) is 2. The SMILES string of the molecule is COc1ccc(-c2nc3ccc(C(=O)O)cc3nc2N2CCOCC2C)cc1. The summed E-state index contributed by atoms with van der Waals surface area (Å²) in [5.74, 6) is 0.519. The number of benzene rings is 2. The van der Waals surface area contributed by atoms with E-state index in [-0.39, 0.29) is 11.6 Å². The molecule has 1 atom stereocenters. The minimum absolute atomic E-state index is 0.139. The van der Waals surface area contributed by atoms with Crippen molar-refractivity contribution < 1.29 is 19.4 Å². The maximum absolute atomic E-state index is 11.3. The number of carboxylic acid groups (broad SMARTS) is 1. The number of anilines is 1. The normalized spacial score (nSPS) is 16.9. The van der Waals surface area contributed by atoms with Gasteiger partial charge in [-0.15, -0.1) is 0 Å². The Morgan fingerprint density at radius 1 is 1.18 bits per heavy atom. The summed E-state index contributed by atoms with van der Waals surface area (Å²) in [6.45, 7) is 4.00. The Labute approximate surface area is 162 Å². The van der Waals surface area contributed by atoms with E-state index in [9.17, 15) is 9.90 Å².